The zero-order chi connectivity index (χ0) is 20.4. The Labute approximate surface area is 159 Å². The summed E-state index contributed by atoms with van der Waals surface area (Å²) in [5.41, 5.74) is 0.156. The van der Waals surface area contributed by atoms with Crippen LogP contribution in [-0.2, 0) is 30.5 Å². The van der Waals surface area contributed by atoms with Crippen molar-refractivity contribution in [1.82, 2.24) is 10.4 Å². The number of benzene rings is 1. The van der Waals surface area contributed by atoms with Crippen LogP contribution in [-0.4, -0.2) is 48.8 Å². The second-order valence-electron chi connectivity index (χ2n) is 6.90. The van der Waals surface area contributed by atoms with Crippen LogP contribution in [0.3, 0.4) is 0 Å². The van der Waals surface area contributed by atoms with E-state index in [2.05, 4.69) is 5.32 Å². The van der Waals surface area contributed by atoms with E-state index >= 15 is 0 Å². The van der Waals surface area contributed by atoms with Crippen LogP contribution in [0.25, 0.3) is 0 Å². The topological polar surface area (TPSA) is 94.2 Å². The number of hydrogen-bond acceptors (Lipinski definition) is 6. The number of ether oxygens (including phenoxy) is 2. The molecule has 0 aliphatic heterocycles. The molecule has 8 nitrogen and oxygen atoms in total. The number of nitrogens with zero attached hydrogens (tertiary/aromatic N) is 1. The molecule has 0 bridgehead atoms. The molecule has 0 heterocycles. The summed E-state index contributed by atoms with van der Waals surface area (Å²) in [6, 6.07) is 8.28. The van der Waals surface area contributed by atoms with Crippen molar-refractivity contribution in [2.45, 2.75) is 51.9 Å². The van der Waals surface area contributed by atoms with Gasteiger partial charge in [0.25, 0.3) is 5.91 Å². The summed E-state index contributed by atoms with van der Waals surface area (Å²) in [5.74, 6) is -0.970. The molecule has 0 aliphatic carbocycles. The third kappa shape index (κ3) is 9.05. The monoisotopic (exact) mass is 380 g/mol. The van der Waals surface area contributed by atoms with E-state index in [1.54, 1.807) is 20.8 Å². The summed E-state index contributed by atoms with van der Waals surface area (Å²) in [7, 11) is 2.75. The van der Waals surface area contributed by atoms with Crippen molar-refractivity contribution < 1.29 is 28.7 Å². The van der Waals surface area contributed by atoms with Gasteiger partial charge in [0.2, 0.25) is 0 Å². The molecule has 0 radical (unpaired) electrons. The third-order valence-electron chi connectivity index (χ3n) is 3.45. The second-order valence-corrected chi connectivity index (χ2v) is 6.90. The van der Waals surface area contributed by atoms with Crippen molar-refractivity contribution >= 4 is 18.0 Å². The predicted molar refractivity (Wildman–Crippen MR) is 98.4 cm³/mol. The molecule has 8 heteroatoms. The molecule has 0 aromatic heterocycles. The maximum Gasteiger partial charge on any atom is 0.408 e. The number of carbonyl (C=O) groups is 3. The molecule has 0 fully saturated rings. The SMILES string of the molecule is CON(C)C(=O)[C@H](CCC(=O)OCc1ccccc1)NC(=O)OC(C)(C)C. The van der Waals surface area contributed by atoms with E-state index in [1.165, 1.54) is 14.2 Å². The molecule has 27 heavy (non-hydrogen) atoms. The third-order valence-corrected chi connectivity index (χ3v) is 3.45. The first-order valence-electron chi connectivity index (χ1n) is 8.63. The van der Waals surface area contributed by atoms with Gasteiger partial charge in [0.1, 0.15) is 18.2 Å². The number of amides is 2. The molecule has 1 N–H and O–H groups in total. The van der Waals surface area contributed by atoms with Gasteiger partial charge in [0.05, 0.1) is 7.11 Å². The van der Waals surface area contributed by atoms with E-state index in [9.17, 15) is 14.4 Å². The fraction of sp³-hybridized carbons (Fsp3) is 0.526. The molecular weight excluding hydrogens is 352 g/mol. The van der Waals surface area contributed by atoms with Crippen LogP contribution >= 0.6 is 0 Å². The summed E-state index contributed by atoms with van der Waals surface area (Å²) in [5, 5.41) is 3.46. The quantitative estimate of drug-likeness (QED) is 0.550. The largest absolute Gasteiger partial charge is 0.461 e. The summed E-state index contributed by atoms with van der Waals surface area (Å²) < 4.78 is 10.4. The lowest BCUT2D eigenvalue weighted by Crippen LogP contribution is -2.48. The Bertz CT molecular complexity index is 627. The minimum atomic E-state index is -0.978. The van der Waals surface area contributed by atoms with Crippen molar-refractivity contribution in [1.29, 1.82) is 0 Å². The molecule has 2 amide bonds. The Balaban J connectivity index is 2.60. The molecule has 1 aromatic carbocycles. The number of alkyl carbamates (subject to hydrolysis) is 1. The van der Waals surface area contributed by atoms with Gasteiger partial charge in [-0.15, -0.1) is 0 Å². The number of esters is 1. The first-order valence-corrected chi connectivity index (χ1v) is 8.63. The summed E-state index contributed by atoms with van der Waals surface area (Å²) >= 11 is 0. The van der Waals surface area contributed by atoms with Crippen LogP contribution in [0.15, 0.2) is 30.3 Å². The number of nitrogens with one attached hydrogen (secondary N) is 1. The molecule has 0 unspecified atom stereocenters. The van der Waals surface area contributed by atoms with Crippen molar-refractivity contribution in [3.05, 3.63) is 35.9 Å². The number of likely N-dealkylation sites (N-methyl/N-ethyl adjacent to an activating group) is 1. The van der Waals surface area contributed by atoms with Crippen molar-refractivity contribution in [2.75, 3.05) is 14.2 Å². The van der Waals surface area contributed by atoms with E-state index < -0.39 is 29.6 Å². The maximum absolute atomic E-state index is 12.3. The van der Waals surface area contributed by atoms with Crippen molar-refractivity contribution in [3.8, 4) is 0 Å². The Hall–Kier alpha value is -2.61. The molecule has 1 aromatic rings. The first kappa shape index (κ1) is 22.4. The fourth-order valence-electron chi connectivity index (χ4n) is 2.09. The summed E-state index contributed by atoms with van der Waals surface area (Å²) in [6.07, 6.45) is -0.737. The van der Waals surface area contributed by atoms with E-state index in [0.717, 1.165) is 10.6 Å². The normalized spacial score (nSPS) is 12.0. The molecular formula is C19H28N2O6. The number of hydrogen-bond donors (Lipinski definition) is 1. The van der Waals surface area contributed by atoms with Crippen molar-refractivity contribution in [2.24, 2.45) is 0 Å². The number of hydroxylamine groups is 2. The lowest BCUT2D eigenvalue weighted by atomic mass is 10.1. The van der Waals surface area contributed by atoms with E-state index in [4.69, 9.17) is 14.3 Å². The van der Waals surface area contributed by atoms with Gasteiger partial charge in [-0.1, -0.05) is 30.3 Å². The second kappa shape index (κ2) is 10.5. The van der Waals surface area contributed by atoms with Crippen molar-refractivity contribution in [3.63, 3.8) is 0 Å². The lowest BCUT2D eigenvalue weighted by Gasteiger charge is -2.25. The molecule has 150 valence electrons. The zero-order valence-corrected chi connectivity index (χ0v) is 16.5. The first-order chi connectivity index (χ1) is 12.6. The molecule has 1 rings (SSSR count). The lowest BCUT2D eigenvalue weighted by molar-refractivity contribution is -0.171. The average Bonchev–Trinajstić information content (AvgIpc) is 2.61. The van der Waals surface area contributed by atoms with E-state index in [1.807, 2.05) is 30.3 Å². The highest BCUT2D eigenvalue weighted by atomic mass is 16.7. The van der Waals surface area contributed by atoms with Crippen LogP contribution in [0.1, 0.15) is 39.2 Å². The molecule has 0 saturated carbocycles. The molecule has 0 aliphatic rings. The standard InChI is InChI=1S/C19H28N2O6/c1-19(2,3)27-18(24)20-15(17(23)21(4)25-5)11-12-16(22)26-13-14-9-7-6-8-10-14/h6-10,15H,11-13H2,1-5H3,(H,20,24)/t15-/m0/s1. The minimum Gasteiger partial charge on any atom is -0.461 e. The van der Waals surface area contributed by atoms with Gasteiger partial charge >= 0.3 is 12.1 Å². The van der Waals surface area contributed by atoms with Gasteiger partial charge in [0, 0.05) is 13.5 Å². The summed E-state index contributed by atoms with van der Waals surface area (Å²) in [6.45, 7) is 5.29. The van der Waals surface area contributed by atoms with Gasteiger partial charge in [-0.3, -0.25) is 14.4 Å². The highest BCUT2D eigenvalue weighted by Crippen LogP contribution is 2.10. The highest BCUT2D eigenvalue weighted by Gasteiger charge is 2.27. The van der Waals surface area contributed by atoms with Crippen LogP contribution in [0.5, 0.6) is 0 Å². The average molecular weight is 380 g/mol. The molecule has 1 atom stereocenters. The van der Waals surface area contributed by atoms with E-state index in [0.29, 0.717) is 0 Å². The number of rotatable bonds is 8. The predicted octanol–water partition coefficient (Wildman–Crippen LogP) is 2.42. The molecule has 0 saturated heterocycles. The highest BCUT2D eigenvalue weighted by molar-refractivity contribution is 5.85. The van der Waals surface area contributed by atoms with Gasteiger partial charge in [-0.2, -0.15) is 0 Å². The van der Waals surface area contributed by atoms with Gasteiger partial charge in [-0.25, -0.2) is 9.86 Å². The van der Waals surface area contributed by atoms with E-state index in [-0.39, 0.29) is 19.4 Å². The molecule has 0 spiro atoms. The van der Waals surface area contributed by atoms with Crippen LogP contribution in [0.4, 0.5) is 4.79 Å². The Morgan fingerprint density at radius 2 is 1.78 bits per heavy atom. The van der Waals surface area contributed by atoms with Crippen LogP contribution in [0, 0.1) is 0 Å². The van der Waals surface area contributed by atoms with Crippen LogP contribution in [0.2, 0.25) is 0 Å². The Morgan fingerprint density at radius 3 is 2.33 bits per heavy atom. The fourth-order valence-corrected chi connectivity index (χ4v) is 2.09. The van der Waals surface area contributed by atoms with Crippen LogP contribution < -0.4 is 5.32 Å². The van der Waals surface area contributed by atoms with Gasteiger partial charge in [-0.05, 0) is 32.8 Å². The number of carbonyl (C=O) groups excluding carboxylic acids is 3. The van der Waals surface area contributed by atoms with Gasteiger partial charge in [0.15, 0.2) is 0 Å². The minimum absolute atomic E-state index is 0.0450. The zero-order valence-electron chi connectivity index (χ0n) is 16.5. The van der Waals surface area contributed by atoms with Gasteiger partial charge < -0.3 is 14.8 Å². The summed E-state index contributed by atoms with van der Waals surface area (Å²) in [4.78, 5) is 41.2. The maximum atomic E-state index is 12.3. The Kier molecular flexibility index (Phi) is 8.74. The Morgan fingerprint density at radius 1 is 1.15 bits per heavy atom. The smallest absolute Gasteiger partial charge is 0.408 e.